The Hall–Kier alpha value is -0.730. The van der Waals surface area contributed by atoms with Crippen molar-refractivity contribution in [2.24, 2.45) is 16.9 Å². The van der Waals surface area contributed by atoms with Crippen molar-refractivity contribution in [3.05, 3.63) is 11.4 Å². The smallest absolute Gasteiger partial charge is 0.0927 e. The van der Waals surface area contributed by atoms with Gasteiger partial charge in [-0.3, -0.25) is 4.70 Å². The van der Waals surface area contributed by atoms with Crippen molar-refractivity contribution in [1.29, 1.82) is 0 Å². The molecule has 0 rings (SSSR count). The molecule has 0 saturated carbocycles. The summed E-state index contributed by atoms with van der Waals surface area (Å²) in [5.74, 6) is 0.447. The Morgan fingerprint density at radius 3 is 1.40 bits per heavy atom. The van der Waals surface area contributed by atoms with E-state index < -0.39 is 0 Å². The fraction of sp³-hybridized carbons (Fsp3) is 0.714. The zero-order valence-corrected chi connectivity index (χ0v) is 7.06. The third-order valence-corrected chi connectivity index (χ3v) is 1.56. The average molecular weight is 148 g/mol. The molecule has 0 saturated heterocycles. The third kappa shape index (κ3) is 3.33. The predicted molar refractivity (Wildman–Crippen MR) is 43.0 cm³/mol. The van der Waals surface area contributed by atoms with Crippen LogP contribution in [0, 0.1) is 5.41 Å². The van der Waals surface area contributed by atoms with E-state index in [1.807, 2.05) is 6.92 Å². The molecule has 0 radical (unpaired) electrons. The molecule has 0 amide bonds. The molecule has 0 unspecified atom stereocenters. The summed E-state index contributed by atoms with van der Waals surface area (Å²) < 4.78 is 0. The lowest BCUT2D eigenvalue weighted by atomic mass is 9.88. The second kappa shape index (κ2) is 3.44. The van der Waals surface area contributed by atoms with E-state index >= 15 is 0 Å². The van der Waals surface area contributed by atoms with E-state index in [0.29, 0.717) is 5.82 Å². The second-order valence-corrected chi connectivity index (χ2v) is 3.33. The van der Waals surface area contributed by atoms with Gasteiger partial charge in [-0.05, 0) is 17.9 Å². The average Bonchev–Trinajstić information content (AvgIpc) is 1.62. The molecule has 0 aromatic heterocycles. The minimum absolute atomic E-state index is 0. The van der Waals surface area contributed by atoms with E-state index in [1.54, 1.807) is 0 Å². The van der Waals surface area contributed by atoms with Gasteiger partial charge in [-0.25, -0.2) is 0 Å². The summed E-state index contributed by atoms with van der Waals surface area (Å²) in [4.78, 5) is 0. The molecule has 0 aromatic carbocycles. The van der Waals surface area contributed by atoms with Crippen molar-refractivity contribution in [3.8, 4) is 0 Å². The summed E-state index contributed by atoms with van der Waals surface area (Å²) >= 11 is 0. The van der Waals surface area contributed by atoms with Crippen LogP contribution in [0.15, 0.2) is 11.4 Å². The number of allylic oxidation sites excluding steroid dienone is 1. The van der Waals surface area contributed by atoms with E-state index in [-0.39, 0.29) is 10.1 Å². The maximum atomic E-state index is 5.38. The minimum Gasteiger partial charge on any atom is -0.386 e. The number of nitrogens with two attached hydrogens (primary N) is 2. The fourth-order valence-electron chi connectivity index (χ4n) is 0.433. The van der Waals surface area contributed by atoms with Crippen LogP contribution < -0.4 is 11.5 Å². The van der Waals surface area contributed by atoms with Crippen molar-refractivity contribution in [1.82, 2.24) is 0 Å². The maximum Gasteiger partial charge on any atom is 0.0927 e. The van der Waals surface area contributed by atoms with Gasteiger partial charge in [-0.2, -0.15) is 0 Å². The maximum absolute atomic E-state index is 5.38. The van der Waals surface area contributed by atoms with E-state index in [9.17, 15) is 0 Å². The summed E-state index contributed by atoms with van der Waals surface area (Å²) in [6, 6.07) is 0. The molecule has 62 valence electrons. The Balaban J connectivity index is 0. The number of hydrogen-bond acceptors (Lipinski definition) is 2. The molecule has 0 fully saturated rings. The monoisotopic (exact) mass is 148 g/mol. The fourth-order valence-corrected chi connectivity index (χ4v) is 0.433. The third-order valence-electron chi connectivity index (χ3n) is 1.56. The van der Waals surface area contributed by atoms with Crippen LogP contribution >= 0.6 is 0 Å². The van der Waals surface area contributed by atoms with Crippen LogP contribution in [0.4, 0.5) is 4.70 Å². The molecule has 0 atom stereocenters. The predicted octanol–water partition coefficient (Wildman–Crippen LogP) is 1.33. The van der Waals surface area contributed by atoms with Gasteiger partial charge in [0.05, 0.1) is 5.82 Å². The molecule has 0 spiro atoms. The van der Waals surface area contributed by atoms with Crippen molar-refractivity contribution in [2.45, 2.75) is 27.7 Å². The Bertz CT molecular complexity index is 129. The van der Waals surface area contributed by atoms with E-state index in [1.165, 1.54) is 0 Å². The highest BCUT2D eigenvalue weighted by Gasteiger charge is 2.13. The minimum atomic E-state index is 0. The van der Waals surface area contributed by atoms with Crippen LogP contribution in [0.3, 0.4) is 0 Å². The first-order valence-electron chi connectivity index (χ1n) is 3.08. The van der Waals surface area contributed by atoms with E-state index in [0.717, 1.165) is 5.57 Å². The molecule has 3 heteroatoms. The zero-order chi connectivity index (χ0) is 7.65. The Morgan fingerprint density at radius 2 is 1.40 bits per heavy atom. The topological polar surface area (TPSA) is 52.0 Å². The molecule has 0 aliphatic carbocycles. The molecule has 0 heterocycles. The van der Waals surface area contributed by atoms with Crippen LogP contribution in [-0.4, -0.2) is 0 Å². The molecule has 0 aromatic rings. The van der Waals surface area contributed by atoms with Crippen molar-refractivity contribution in [2.75, 3.05) is 0 Å². The summed E-state index contributed by atoms with van der Waals surface area (Å²) in [6.45, 7) is 8.21. The zero-order valence-electron chi connectivity index (χ0n) is 7.06. The quantitative estimate of drug-likeness (QED) is 0.544. The van der Waals surface area contributed by atoms with Crippen molar-refractivity contribution >= 4 is 0 Å². The Morgan fingerprint density at radius 1 is 1.10 bits per heavy atom. The summed E-state index contributed by atoms with van der Waals surface area (Å²) in [5, 5.41) is 0. The van der Waals surface area contributed by atoms with Gasteiger partial charge in [0.15, 0.2) is 0 Å². The molecule has 2 nitrogen and oxygen atoms in total. The second-order valence-electron chi connectivity index (χ2n) is 3.33. The largest absolute Gasteiger partial charge is 0.386 e. The van der Waals surface area contributed by atoms with E-state index in [4.69, 9.17) is 11.5 Å². The lowest BCUT2D eigenvalue weighted by molar-refractivity contribution is 0.497. The highest BCUT2D eigenvalue weighted by molar-refractivity contribution is 5.11. The molecular weight excluding hydrogens is 131 g/mol. The first kappa shape index (κ1) is 12.0. The standard InChI is InChI=1S/C7H16N2.FH/c1-5(6(8)9)7(2,3)4;/h8-9H2,1-4H3;1H. The van der Waals surface area contributed by atoms with Gasteiger partial charge in [0.25, 0.3) is 0 Å². The van der Waals surface area contributed by atoms with Gasteiger partial charge in [-0.1, -0.05) is 20.8 Å². The molecule has 10 heavy (non-hydrogen) atoms. The molecule has 0 aliphatic rings. The lowest BCUT2D eigenvalue weighted by Crippen LogP contribution is -2.18. The Kier molecular flexibility index (Phi) is 4.13. The molecule has 4 N–H and O–H groups in total. The number of halogens is 1. The van der Waals surface area contributed by atoms with Crippen LogP contribution in [0.5, 0.6) is 0 Å². The highest BCUT2D eigenvalue weighted by Crippen LogP contribution is 2.24. The van der Waals surface area contributed by atoms with E-state index in [2.05, 4.69) is 20.8 Å². The van der Waals surface area contributed by atoms with Gasteiger partial charge in [0.1, 0.15) is 0 Å². The van der Waals surface area contributed by atoms with Crippen LogP contribution in [0.1, 0.15) is 27.7 Å². The summed E-state index contributed by atoms with van der Waals surface area (Å²) in [7, 11) is 0. The first-order valence-corrected chi connectivity index (χ1v) is 3.08. The van der Waals surface area contributed by atoms with Gasteiger partial charge in [0.2, 0.25) is 0 Å². The Labute approximate surface area is 61.6 Å². The number of hydrogen-bond donors (Lipinski definition) is 2. The van der Waals surface area contributed by atoms with Crippen LogP contribution in [-0.2, 0) is 0 Å². The summed E-state index contributed by atoms with van der Waals surface area (Å²) in [6.07, 6.45) is 0. The van der Waals surface area contributed by atoms with Crippen LogP contribution in [0.2, 0.25) is 0 Å². The van der Waals surface area contributed by atoms with Gasteiger partial charge in [0, 0.05) is 0 Å². The highest BCUT2D eigenvalue weighted by atomic mass is 19.0. The van der Waals surface area contributed by atoms with Crippen molar-refractivity contribution < 1.29 is 4.70 Å². The van der Waals surface area contributed by atoms with Crippen molar-refractivity contribution in [3.63, 3.8) is 0 Å². The van der Waals surface area contributed by atoms with Gasteiger partial charge >= 0.3 is 0 Å². The SMILES string of the molecule is CC(=C(N)N)C(C)(C)C.F. The lowest BCUT2D eigenvalue weighted by Gasteiger charge is -2.19. The van der Waals surface area contributed by atoms with Gasteiger partial charge < -0.3 is 11.5 Å². The molecular formula is C7H17FN2. The molecule has 0 aliphatic heterocycles. The first-order chi connectivity index (χ1) is 3.85. The number of rotatable bonds is 0. The normalized spacial score (nSPS) is 10.0. The van der Waals surface area contributed by atoms with Crippen LogP contribution in [0.25, 0.3) is 0 Å². The van der Waals surface area contributed by atoms with Gasteiger partial charge in [-0.15, -0.1) is 0 Å². The molecule has 0 bridgehead atoms. The summed E-state index contributed by atoms with van der Waals surface area (Å²) in [5.41, 5.74) is 11.9.